The first-order valence-corrected chi connectivity index (χ1v) is 8.99. The Labute approximate surface area is 150 Å². The average Bonchev–Trinajstić information content (AvgIpc) is 3.36. The highest BCUT2D eigenvalue weighted by Gasteiger charge is 2.30. The van der Waals surface area contributed by atoms with E-state index in [0.717, 1.165) is 50.3 Å². The minimum absolute atomic E-state index is 0.0356. The number of nitrogens with one attached hydrogen (secondary N) is 2. The smallest absolute Gasteiger partial charge is 0.312 e. The van der Waals surface area contributed by atoms with E-state index in [4.69, 9.17) is 5.73 Å². The Kier molecular flexibility index (Phi) is 4.14. The normalized spacial score (nSPS) is 18.1. The molecule has 138 valence electrons. The maximum Gasteiger partial charge on any atom is 0.312 e. The molecule has 4 N–H and O–H groups in total. The van der Waals surface area contributed by atoms with Crippen molar-refractivity contribution in [1.29, 1.82) is 0 Å². The van der Waals surface area contributed by atoms with Crippen LogP contribution in [0.2, 0.25) is 0 Å². The summed E-state index contributed by atoms with van der Waals surface area (Å²) in [5, 5.41) is 10.2. The lowest BCUT2D eigenvalue weighted by molar-refractivity contribution is -0.117. The maximum absolute atomic E-state index is 12.1. The molecule has 0 spiro atoms. The van der Waals surface area contributed by atoms with E-state index in [1.54, 1.807) is 0 Å². The minimum atomic E-state index is -0.484. The first-order valence-electron chi connectivity index (χ1n) is 8.99. The van der Waals surface area contributed by atoms with Crippen molar-refractivity contribution in [2.45, 2.75) is 38.6 Å². The molecule has 1 saturated carbocycles. The molecule has 9 heteroatoms. The van der Waals surface area contributed by atoms with E-state index in [1.807, 2.05) is 23.6 Å². The first-order chi connectivity index (χ1) is 12.5. The lowest BCUT2D eigenvalue weighted by atomic mass is 10.1. The molecule has 2 aliphatic rings. The molecule has 0 bridgehead atoms. The number of aromatic nitrogens is 3. The molecular formula is C17H23N7O2. The molecule has 1 saturated heterocycles. The molecular weight excluding hydrogens is 334 g/mol. The van der Waals surface area contributed by atoms with Crippen molar-refractivity contribution in [2.24, 2.45) is 11.7 Å². The van der Waals surface area contributed by atoms with Gasteiger partial charge in [0.25, 0.3) is 0 Å². The maximum atomic E-state index is 12.1. The van der Waals surface area contributed by atoms with Crippen LogP contribution in [0, 0.1) is 12.8 Å². The van der Waals surface area contributed by atoms with E-state index in [9.17, 15) is 9.59 Å². The van der Waals surface area contributed by atoms with Gasteiger partial charge >= 0.3 is 6.03 Å². The summed E-state index contributed by atoms with van der Waals surface area (Å²) in [5.74, 6) is 1.61. The van der Waals surface area contributed by atoms with E-state index in [0.29, 0.717) is 11.5 Å². The number of hydrogen-bond acceptors (Lipinski definition) is 5. The Morgan fingerprint density at radius 2 is 1.92 bits per heavy atom. The van der Waals surface area contributed by atoms with E-state index in [2.05, 4.69) is 25.6 Å². The zero-order valence-electron chi connectivity index (χ0n) is 14.7. The van der Waals surface area contributed by atoms with Crippen molar-refractivity contribution < 1.29 is 9.59 Å². The molecule has 0 radical (unpaired) electrons. The second-order valence-corrected chi connectivity index (χ2v) is 7.09. The number of urea groups is 1. The summed E-state index contributed by atoms with van der Waals surface area (Å²) in [6.07, 6.45) is 3.51. The number of nitrogens with zero attached hydrogens (tertiary/aromatic N) is 4. The summed E-state index contributed by atoms with van der Waals surface area (Å²) in [6, 6.07) is 3.39. The number of carbonyl (C=O) groups excluding carboxylic acids is 2. The minimum Gasteiger partial charge on any atom is -0.356 e. The third-order valence-electron chi connectivity index (χ3n) is 4.90. The Bertz CT molecular complexity index is 850. The largest absolute Gasteiger partial charge is 0.356 e. The molecule has 4 rings (SSSR count). The van der Waals surface area contributed by atoms with Crippen molar-refractivity contribution in [2.75, 3.05) is 23.3 Å². The van der Waals surface area contributed by atoms with E-state index in [-0.39, 0.29) is 17.9 Å². The van der Waals surface area contributed by atoms with Gasteiger partial charge in [0.1, 0.15) is 11.6 Å². The second kappa shape index (κ2) is 6.47. The second-order valence-electron chi connectivity index (χ2n) is 7.09. The van der Waals surface area contributed by atoms with Gasteiger partial charge in [0, 0.05) is 37.2 Å². The van der Waals surface area contributed by atoms with Crippen molar-refractivity contribution in [1.82, 2.24) is 19.9 Å². The SMILES string of the molecule is Cc1cc2nc(NC(=O)C3CC3)cc(N3CCC(NC(N)=O)CC3)n2n1. The molecule has 3 amide bonds. The van der Waals surface area contributed by atoms with Crippen molar-refractivity contribution in [3.8, 4) is 0 Å². The van der Waals surface area contributed by atoms with Crippen LogP contribution in [0.15, 0.2) is 12.1 Å². The Morgan fingerprint density at radius 3 is 2.58 bits per heavy atom. The topological polar surface area (TPSA) is 118 Å². The first kappa shape index (κ1) is 16.6. The van der Waals surface area contributed by atoms with Gasteiger partial charge < -0.3 is 21.3 Å². The molecule has 0 atom stereocenters. The van der Waals surface area contributed by atoms with Crippen LogP contribution in [0.25, 0.3) is 5.65 Å². The fraction of sp³-hybridized carbons (Fsp3) is 0.529. The van der Waals surface area contributed by atoms with Gasteiger partial charge in [0.05, 0.1) is 5.69 Å². The van der Waals surface area contributed by atoms with Crippen molar-refractivity contribution in [3.63, 3.8) is 0 Å². The summed E-state index contributed by atoms with van der Waals surface area (Å²) >= 11 is 0. The zero-order valence-corrected chi connectivity index (χ0v) is 14.7. The van der Waals surface area contributed by atoms with Gasteiger partial charge in [-0.15, -0.1) is 0 Å². The summed E-state index contributed by atoms with van der Waals surface area (Å²) < 4.78 is 1.81. The van der Waals surface area contributed by atoms with Crippen LogP contribution in [0.3, 0.4) is 0 Å². The number of anilines is 2. The van der Waals surface area contributed by atoms with E-state index in [1.165, 1.54) is 0 Å². The molecule has 1 aliphatic carbocycles. The highest BCUT2D eigenvalue weighted by Crippen LogP contribution is 2.31. The number of amides is 3. The van der Waals surface area contributed by atoms with Crippen LogP contribution in [-0.2, 0) is 4.79 Å². The number of fused-ring (bicyclic) bond motifs is 1. The predicted octanol–water partition coefficient (Wildman–Crippen LogP) is 1.02. The lowest BCUT2D eigenvalue weighted by Gasteiger charge is -2.33. The lowest BCUT2D eigenvalue weighted by Crippen LogP contribution is -2.46. The zero-order chi connectivity index (χ0) is 18.3. The van der Waals surface area contributed by atoms with Crippen LogP contribution in [0.4, 0.5) is 16.4 Å². The molecule has 9 nitrogen and oxygen atoms in total. The number of aryl methyl sites for hydroxylation is 1. The molecule has 2 fully saturated rings. The van der Waals surface area contributed by atoms with Crippen LogP contribution >= 0.6 is 0 Å². The van der Waals surface area contributed by atoms with E-state index >= 15 is 0 Å². The molecule has 3 heterocycles. The summed E-state index contributed by atoms with van der Waals surface area (Å²) in [6.45, 7) is 3.45. The van der Waals surface area contributed by atoms with Gasteiger partial charge in [-0.25, -0.2) is 9.78 Å². The summed E-state index contributed by atoms with van der Waals surface area (Å²) in [5.41, 5.74) is 6.80. The van der Waals surface area contributed by atoms with Gasteiger partial charge in [0.2, 0.25) is 5.91 Å². The van der Waals surface area contributed by atoms with Gasteiger partial charge in [-0.05, 0) is 32.6 Å². The summed E-state index contributed by atoms with van der Waals surface area (Å²) in [4.78, 5) is 29.9. The highest BCUT2D eigenvalue weighted by atomic mass is 16.2. The third kappa shape index (κ3) is 3.42. The fourth-order valence-corrected chi connectivity index (χ4v) is 3.39. The standard InChI is InChI=1S/C17H23N7O2/c1-10-8-14-20-13(21-16(25)11-2-3-11)9-15(24(14)22-10)23-6-4-12(5-7-23)19-17(18)26/h8-9,11-12H,2-7H2,1H3,(H3,18,19,26)(H,20,21,25). The van der Waals surface area contributed by atoms with Crippen LogP contribution in [0.1, 0.15) is 31.4 Å². The Hall–Kier alpha value is -2.84. The Balaban J connectivity index is 1.58. The van der Waals surface area contributed by atoms with Crippen molar-refractivity contribution in [3.05, 3.63) is 17.8 Å². The molecule has 2 aromatic heterocycles. The molecule has 2 aromatic rings. The number of primary amides is 1. The predicted molar refractivity (Wildman–Crippen MR) is 97.0 cm³/mol. The van der Waals surface area contributed by atoms with Gasteiger partial charge in [-0.2, -0.15) is 9.61 Å². The van der Waals surface area contributed by atoms with Crippen LogP contribution < -0.4 is 21.3 Å². The average molecular weight is 357 g/mol. The molecule has 1 aliphatic heterocycles. The Morgan fingerprint density at radius 1 is 1.19 bits per heavy atom. The van der Waals surface area contributed by atoms with Crippen LogP contribution in [0.5, 0.6) is 0 Å². The van der Waals surface area contributed by atoms with E-state index < -0.39 is 6.03 Å². The number of piperidine rings is 1. The fourth-order valence-electron chi connectivity index (χ4n) is 3.39. The monoisotopic (exact) mass is 357 g/mol. The number of carbonyl (C=O) groups is 2. The number of rotatable bonds is 4. The highest BCUT2D eigenvalue weighted by molar-refractivity contribution is 5.93. The van der Waals surface area contributed by atoms with Gasteiger partial charge in [-0.1, -0.05) is 0 Å². The molecule has 0 unspecified atom stereocenters. The van der Waals surface area contributed by atoms with Gasteiger partial charge in [-0.3, -0.25) is 4.79 Å². The molecule has 26 heavy (non-hydrogen) atoms. The number of hydrogen-bond donors (Lipinski definition) is 3. The quantitative estimate of drug-likeness (QED) is 0.755. The number of nitrogens with two attached hydrogens (primary N) is 1. The third-order valence-corrected chi connectivity index (χ3v) is 4.90. The van der Waals surface area contributed by atoms with Crippen LogP contribution in [-0.4, -0.2) is 45.7 Å². The summed E-state index contributed by atoms with van der Waals surface area (Å²) in [7, 11) is 0. The van der Waals surface area contributed by atoms with Crippen molar-refractivity contribution >= 4 is 29.2 Å². The van der Waals surface area contributed by atoms with Gasteiger partial charge in [0.15, 0.2) is 5.65 Å². The molecule has 0 aromatic carbocycles.